The Bertz CT molecular complexity index is 865. The number of sulfonamides is 1. The number of para-hydroxylation sites is 1. The maximum atomic E-state index is 13.1. The van der Waals surface area contributed by atoms with Gasteiger partial charge in [0.15, 0.2) is 0 Å². The zero-order valence-electron chi connectivity index (χ0n) is 15.1. The van der Waals surface area contributed by atoms with Crippen LogP contribution in [0.2, 0.25) is 0 Å². The van der Waals surface area contributed by atoms with Crippen molar-refractivity contribution in [2.24, 2.45) is 0 Å². The zero-order valence-corrected chi connectivity index (χ0v) is 15.9. The monoisotopic (exact) mass is 378 g/mol. The minimum atomic E-state index is -3.59. The predicted octanol–water partition coefficient (Wildman–Crippen LogP) is 3.74. The van der Waals surface area contributed by atoms with E-state index in [4.69, 9.17) is 0 Å². The SMILES string of the molecule is CC(C)c1ccccc1NC(=O)CCN(c1ccc(F)cc1)S(C)(=O)=O. The molecule has 0 aromatic heterocycles. The molecule has 26 heavy (non-hydrogen) atoms. The second-order valence-corrected chi connectivity index (χ2v) is 8.26. The van der Waals surface area contributed by atoms with Gasteiger partial charge in [0.25, 0.3) is 0 Å². The number of hydrogen-bond donors (Lipinski definition) is 1. The lowest BCUT2D eigenvalue weighted by atomic mass is 10.0. The summed E-state index contributed by atoms with van der Waals surface area (Å²) in [7, 11) is -3.59. The van der Waals surface area contributed by atoms with Gasteiger partial charge < -0.3 is 5.32 Å². The quantitative estimate of drug-likeness (QED) is 0.798. The number of rotatable bonds is 7. The summed E-state index contributed by atoms with van der Waals surface area (Å²) < 4.78 is 38.2. The minimum Gasteiger partial charge on any atom is -0.326 e. The molecule has 140 valence electrons. The van der Waals surface area contributed by atoms with Crippen molar-refractivity contribution in [2.75, 3.05) is 22.4 Å². The molecule has 0 saturated heterocycles. The van der Waals surface area contributed by atoms with Crippen LogP contribution >= 0.6 is 0 Å². The molecule has 0 spiro atoms. The summed E-state index contributed by atoms with van der Waals surface area (Å²) in [6.45, 7) is 4.04. The third-order valence-electron chi connectivity index (χ3n) is 3.91. The Labute approximate surface area is 153 Å². The number of carbonyl (C=O) groups is 1. The molecule has 2 rings (SSSR count). The van der Waals surface area contributed by atoms with E-state index >= 15 is 0 Å². The Kier molecular flexibility index (Phi) is 6.37. The lowest BCUT2D eigenvalue weighted by molar-refractivity contribution is -0.116. The van der Waals surface area contributed by atoms with Crippen LogP contribution in [0.5, 0.6) is 0 Å². The molecule has 0 atom stereocenters. The topological polar surface area (TPSA) is 66.5 Å². The average Bonchev–Trinajstić information content (AvgIpc) is 2.55. The van der Waals surface area contributed by atoms with E-state index in [-0.39, 0.29) is 24.8 Å². The Hall–Kier alpha value is -2.41. The Morgan fingerprint density at radius 2 is 1.73 bits per heavy atom. The molecule has 0 aliphatic carbocycles. The molecule has 5 nitrogen and oxygen atoms in total. The van der Waals surface area contributed by atoms with Gasteiger partial charge in [-0.15, -0.1) is 0 Å². The van der Waals surface area contributed by atoms with Crippen LogP contribution < -0.4 is 9.62 Å². The molecule has 0 unspecified atom stereocenters. The highest BCUT2D eigenvalue weighted by atomic mass is 32.2. The number of halogens is 1. The van der Waals surface area contributed by atoms with Crippen LogP contribution in [0, 0.1) is 5.82 Å². The number of nitrogens with zero attached hydrogens (tertiary/aromatic N) is 1. The Morgan fingerprint density at radius 3 is 2.31 bits per heavy atom. The summed E-state index contributed by atoms with van der Waals surface area (Å²) >= 11 is 0. The first-order valence-electron chi connectivity index (χ1n) is 8.30. The molecule has 0 bridgehead atoms. The molecule has 1 N–H and O–H groups in total. The first-order valence-corrected chi connectivity index (χ1v) is 10.2. The summed E-state index contributed by atoms with van der Waals surface area (Å²) in [5.41, 5.74) is 2.06. The van der Waals surface area contributed by atoms with Gasteiger partial charge >= 0.3 is 0 Å². The molecular formula is C19H23FN2O3S. The van der Waals surface area contributed by atoms with Gasteiger partial charge in [-0.1, -0.05) is 32.0 Å². The van der Waals surface area contributed by atoms with Crippen molar-refractivity contribution >= 4 is 27.3 Å². The van der Waals surface area contributed by atoms with E-state index in [0.717, 1.165) is 21.8 Å². The van der Waals surface area contributed by atoms with Crippen molar-refractivity contribution in [3.05, 3.63) is 59.9 Å². The van der Waals surface area contributed by atoms with E-state index in [1.54, 1.807) is 0 Å². The van der Waals surface area contributed by atoms with E-state index in [2.05, 4.69) is 5.32 Å². The molecule has 0 saturated carbocycles. The van der Waals surface area contributed by atoms with Gasteiger partial charge in [0.2, 0.25) is 15.9 Å². The Morgan fingerprint density at radius 1 is 1.12 bits per heavy atom. The van der Waals surface area contributed by atoms with Crippen LogP contribution in [0.25, 0.3) is 0 Å². The van der Waals surface area contributed by atoms with Gasteiger partial charge in [0.1, 0.15) is 5.82 Å². The van der Waals surface area contributed by atoms with E-state index in [1.165, 1.54) is 24.3 Å². The second kappa shape index (κ2) is 8.31. The van der Waals surface area contributed by atoms with Gasteiger partial charge in [0, 0.05) is 18.7 Å². The zero-order chi connectivity index (χ0) is 19.3. The maximum Gasteiger partial charge on any atom is 0.232 e. The van der Waals surface area contributed by atoms with Crippen molar-refractivity contribution in [2.45, 2.75) is 26.2 Å². The van der Waals surface area contributed by atoms with Gasteiger partial charge in [-0.05, 0) is 41.8 Å². The first-order chi connectivity index (χ1) is 12.2. The van der Waals surface area contributed by atoms with Crippen molar-refractivity contribution in [1.82, 2.24) is 0 Å². The van der Waals surface area contributed by atoms with Crippen LogP contribution in [0.3, 0.4) is 0 Å². The van der Waals surface area contributed by atoms with Crippen molar-refractivity contribution in [1.29, 1.82) is 0 Å². The minimum absolute atomic E-state index is 0.0170. The fourth-order valence-electron chi connectivity index (χ4n) is 2.62. The van der Waals surface area contributed by atoms with Crippen LogP contribution in [0.1, 0.15) is 31.7 Å². The van der Waals surface area contributed by atoms with Crippen molar-refractivity contribution in [3.8, 4) is 0 Å². The number of anilines is 2. The molecule has 0 fully saturated rings. The summed E-state index contributed by atoms with van der Waals surface area (Å²) in [5.74, 6) is -0.489. The summed E-state index contributed by atoms with van der Waals surface area (Å²) in [6, 6.07) is 12.6. The average molecular weight is 378 g/mol. The van der Waals surface area contributed by atoms with E-state index in [0.29, 0.717) is 5.69 Å². The van der Waals surface area contributed by atoms with Crippen molar-refractivity contribution in [3.63, 3.8) is 0 Å². The molecule has 0 aliphatic heterocycles. The molecular weight excluding hydrogens is 355 g/mol. The lowest BCUT2D eigenvalue weighted by Crippen LogP contribution is -2.33. The third kappa shape index (κ3) is 5.29. The smallest absolute Gasteiger partial charge is 0.232 e. The van der Waals surface area contributed by atoms with Gasteiger partial charge in [-0.3, -0.25) is 9.10 Å². The Balaban J connectivity index is 2.09. The fourth-order valence-corrected chi connectivity index (χ4v) is 3.55. The molecule has 0 aliphatic rings. The second-order valence-electron chi connectivity index (χ2n) is 6.35. The maximum absolute atomic E-state index is 13.1. The number of nitrogens with one attached hydrogen (secondary N) is 1. The number of benzene rings is 2. The third-order valence-corrected chi connectivity index (χ3v) is 5.11. The molecule has 1 amide bonds. The summed E-state index contributed by atoms with van der Waals surface area (Å²) in [5, 5.41) is 2.84. The molecule has 2 aromatic rings. The van der Waals surface area contributed by atoms with Crippen LogP contribution in [0.15, 0.2) is 48.5 Å². The van der Waals surface area contributed by atoms with Crippen LogP contribution in [0.4, 0.5) is 15.8 Å². The summed E-state index contributed by atoms with van der Waals surface area (Å²) in [6.07, 6.45) is 1.04. The summed E-state index contributed by atoms with van der Waals surface area (Å²) in [4.78, 5) is 12.3. The lowest BCUT2D eigenvalue weighted by Gasteiger charge is -2.22. The number of carbonyl (C=O) groups excluding carboxylic acids is 1. The van der Waals surface area contributed by atoms with E-state index in [1.807, 2.05) is 38.1 Å². The highest BCUT2D eigenvalue weighted by Gasteiger charge is 2.19. The van der Waals surface area contributed by atoms with Crippen molar-refractivity contribution < 1.29 is 17.6 Å². The first kappa shape index (κ1) is 19.9. The predicted molar refractivity (Wildman–Crippen MR) is 102 cm³/mol. The highest BCUT2D eigenvalue weighted by molar-refractivity contribution is 7.92. The molecule has 0 radical (unpaired) electrons. The highest BCUT2D eigenvalue weighted by Crippen LogP contribution is 2.24. The van der Waals surface area contributed by atoms with Gasteiger partial charge in [-0.25, -0.2) is 12.8 Å². The molecule has 2 aromatic carbocycles. The fraction of sp³-hybridized carbons (Fsp3) is 0.316. The van der Waals surface area contributed by atoms with Crippen LogP contribution in [-0.4, -0.2) is 27.1 Å². The largest absolute Gasteiger partial charge is 0.326 e. The number of amides is 1. The number of hydrogen-bond acceptors (Lipinski definition) is 3. The standard InChI is InChI=1S/C19H23FN2O3S/c1-14(2)17-6-4-5-7-18(17)21-19(23)12-13-22(26(3,24)25)16-10-8-15(20)9-11-16/h4-11,14H,12-13H2,1-3H3,(H,21,23). The van der Waals surface area contributed by atoms with Gasteiger partial charge in [0.05, 0.1) is 11.9 Å². The van der Waals surface area contributed by atoms with E-state index in [9.17, 15) is 17.6 Å². The van der Waals surface area contributed by atoms with E-state index < -0.39 is 15.8 Å². The van der Waals surface area contributed by atoms with Crippen LogP contribution in [-0.2, 0) is 14.8 Å². The normalized spacial score (nSPS) is 11.4. The van der Waals surface area contributed by atoms with Gasteiger partial charge in [-0.2, -0.15) is 0 Å². The molecule has 0 heterocycles. The molecule has 7 heteroatoms.